The van der Waals surface area contributed by atoms with Gasteiger partial charge in [0, 0.05) is 16.3 Å². The highest BCUT2D eigenvalue weighted by molar-refractivity contribution is 9.12. The minimum atomic E-state index is -0.0907. The third-order valence-electron chi connectivity index (χ3n) is 5.49. The minimum absolute atomic E-state index is 0.0480. The van der Waals surface area contributed by atoms with E-state index in [2.05, 4.69) is 31.9 Å². The van der Waals surface area contributed by atoms with Gasteiger partial charge in [0.1, 0.15) is 0 Å². The summed E-state index contributed by atoms with van der Waals surface area (Å²) in [6.07, 6.45) is 3.04. The molecule has 4 rings (SSSR count). The Balaban J connectivity index is 1.57. The van der Waals surface area contributed by atoms with Gasteiger partial charge in [-0.1, -0.05) is 31.9 Å². The fourth-order valence-electron chi connectivity index (χ4n) is 4.58. The van der Waals surface area contributed by atoms with E-state index in [4.69, 9.17) is 4.74 Å². The van der Waals surface area contributed by atoms with E-state index in [-0.39, 0.29) is 29.8 Å². The third kappa shape index (κ3) is 1.73. The molecule has 4 nitrogen and oxygen atoms in total. The van der Waals surface area contributed by atoms with Crippen LogP contribution in [0, 0.1) is 23.7 Å². The van der Waals surface area contributed by atoms with Crippen molar-refractivity contribution in [2.75, 3.05) is 13.2 Å². The topological polar surface area (TPSA) is 46.6 Å². The molecule has 7 atom stereocenters. The number of fused-ring (bicyclic) bond motifs is 5. The Morgan fingerprint density at radius 3 is 2.20 bits per heavy atom. The summed E-state index contributed by atoms with van der Waals surface area (Å²) in [7, 11) is 0. The quantitative estimate of drug-likeness (QED) is 0.520. The Morgan fingerprint density at radius 1 is 1.10 bits per heavy atom. The molecule has 2 aliphatic carbocycles. The zero-order valence-corrected chi connectivity index (χ0v) is 14.2. The maximum Gasteiger partial charge on any atom is 0.233 e. The number of hydrogen-bond donors (Lipinski definition) is 0. The molecule has 0 spiro atoms. The second-order valence-corrected chi connectivity index (χ2v) is 8.54. The van der Waals surface area contributed by atoms with Crippen LogP contribution in [0.3, 0.4) is 0 Å². The van der Waals surface area contributed by atoms with Crippen LogP contribution in [-0.2, 0) is 14.3 Å². The number of halogens is 2. The van der Waals surface area contributed by atoms with Crippen LogP contribution in [0.2, 0.25) is 0 Å². The molecular weight excluding hydrogens is 390 g/mol. The molecule has 0 aromatic rings. The maximum absolute atomic E-state index is 12.6. The Kier molecular flexibility index (Phi) is 3.28. The number of ether oxygens (including phenoxy) is 1. The first kappa shape index (κ1) is 13.7. The number of likely N-dealkylation sites (tertiary alicyclic amines) is 1. The molecule has 0 N–H and O–H groups in total. The first-order valence-electron chi connectivity index (χ1n) is 7.34. The van der Waals surface area contributed by atoms with Crippen molar-refractivity contribution in [1.29, 1.82) is 0 Å². The predicted molar refractivity (Wildman–Crippen MR) is 79.7 cm³/mol. The molecule has 20 heavy (non-hydrogen) atoms. The summed E-state index contributed by atoms with van der Waals surface area (Å²) in [6, 6.07) is 0. The second-order valence-electron chi connectivity index (χ2n) is 6.43. The first-order valence-corrected chi connectivity index (χ1v) is 9.17. The number of hydrogen-bond acceptors (Lipinski definition) is 3. The van der Waals surface area contributed by atoms with Gasteiger partial charge in [-0.3, -0.25) is 14.5 Å². The number of imide groups is 1. The van der Waals surface area contributed by atoms with Crippen LogP contribution in [0.1, 0.15) is 19.3 Å². The lowest BCUT2D eigenvalue weighted by atomic mass is 9.81. The van der Waals surface area contributed by atoms with Gasteiger partial charge < -0.3 is 4.74 Å². The summed E-state index contributed by atoms with van der Waals surface area (Å²) in [6.45, 7) is 1.22. The lowest BCUT2D eigenvalue weighted by molar-refractivity contribution is -0.142. The maximum atomic E-state index is 12.6. The zero-order chi connectivity index (χ0) is 14.0. The summed E-state index contributed by atoms with van der Waals surface area (Å²) >= 11 is 7.40. The van der Waals surface area contributed by atoms with Gasteiger partial charge in [-0.2, -0.15) is 0 Å². The molecule has 0 aromatic heterocycles. The molecule has 6 heteroatoms. The first-order chi connectivity index (χ1) is 9.59. The van der Waals surface area contributed by atoms with Crippen molar-refractivity contribution in [3.63, 3.8) is 0 Å². The van der Waals surface area contributed by atoms with Gasteiger partial charge >= 0.3 is 0 Å². The molecule has 2 bridgehead atoms. The van der Waals surface area contributed by atoms with E-state index in [1.54, 1.807) is 0 Å². The highest BCUT2D eigenvalue weighted by atomic mass is 79.9. The summed E-state index contributed by atoms with van der Waals surface area (Å²) in [5.74, 6) is 0.526. The second kappa shape index (κ2) is 4.78. The van der Waals surface area contributed by atoms with Crippen molar-refractivity contribution in [3.8, 4) is 0 Å². The fraction of sp³-hybridized carbons (Fsp3) is 0.857. The van der Waals surface area contributed by atoms with Gasteiger partial charge in [0.05, 0.1) is 24.5 Å². The molecular formula is C14H17Br2NO3. The lowest BCUT2D eigenvalue weighted by Crippen LogP contribution is -2.38. The Bertz CT molecular complexity index is 433. The molecule has 0 aromatic carbocycles. The summed E-state index contributed by atoms with van der Waals surface area (Å²) < 4.78 is 5.58. The highest BCUT2D eigenvalue weighted by Gasteiger charge is 2.66. The number of rotatable bonds is 2. The number of nitrogens with zero attached hydrogens (tertiary/aromatic N) is 1. The third-order valence-corrected chi connectivity index (χ3v) is 8.70. The number of alkyl halides is 2. The van der Waals surface area contributed by atoms with Gasteiger partial charge in [0.2, 0.25) is 11.8 Å². The normalized spacial score (nSPS) is 50.3. The molecule has 2 saturated heterocycles. The van der Waals surface area contributed by atoms with Crippen LogP contribution < -0.4 is 0 Å². The van der Waals surface area contributed by atoms with E-state index < -0.39 is 0 Å². The van der Waals surface area contributed by atoms with Gasteiger partial charge in [0.25, 0.3) is 0 Å². The van der Waals surface area contributed by atoms with Crippen LogP contribution in [0.4, 0.5) is 0 Å². The van der Waals surface area contributed by atoms with Crippen molar-refractivity contribution in [3.05, 3.63) is 0 Å². The smallest absolute Gasteiger partial charge is 0.233 e. The van der Waals surface area contributed by atoms with Gasteiger partial charge in [-0.05, 0) is 31.1 Å². The van der Waals surface area contributed by atoms with E-state index >= 15 is 0 Å². The Hall–Kier alpha value is 0.0600. The zero-order valence-electron chi connectivity index (χ0n) is 11.0. The van der Waals surface area contributed by atoms with E-state index in [0.717, 1.165) is 25.9 Å². The van der Waals surface area contributed by atoms with E-state index in [0.29, 0.717) is 28.0 Å². The standard InChI is InChI=1S/C14H17Br2NO3/c15-11-7-4-8(12(11)16)10-9(7)13(18)17(14(10)19)5-6-2-1-3-20-6/h6-12H,1-5H2/t6-,7-,8+,9-,10-,11+,12+/m0/s1. The monoisotopic (exact) mass is 405 g/mol. The van der Waals surface area contributed by atoms with E-state index in [1.807, 2.05) is 0 Å². The van der Waals surface area contributed by atoms with Crippen molar-refractivity contribution >= 4 is 43.7 Å². The van der Waals surface area contributed by atoms with Gasteiger partial charge in [-0.25, -0.2) is 0 Å². The van der Waals surface area contributed by atoms with Crippen molar-refractivity contribution in [2.45, 2.75) is 35.0 Å². The predicted octanol–water partition coefficient (Wildman–Crippen LogP) is 1.94. The van der Waals surface area contributed by atoms with Crippen LogP contribution >= 0.6 is 31.9 Å². The molecule has 0 unspecified atom stereocenters. The van der Waals surface area contributed by atoms with Gasteiger partial charge in [0.15, 0.2) is 0 Å². The molecule has 2 aliphatic heterocycles. The Labute approximate surface area is 134 Å². The van der Waals surface area contributed by atoms with Crippen molar-refractivity contribution < 1.29 is 14.3 Å². The highest BCUT2D eigenvalue weighted by Crippen LogP contribution is 2.60. The molecule has 4 fully saturated rings. The van der Waals surface area contributed by atoms with Crippen LogP contribution in [0.25, 0.3) is 0 Å². The van der Waals surface area contributed by atoms with Crippen LogP contribution in [0.15, 0.2) is 0 Å². The molecule has 4 aliphatic rings. The van der Waals surface area contributed by atoms with E-state index in [9.17, 15) is 9.59 Å². The average molecular weight is 407 g/mol. The largest absolute Gasteiger partial charge is 0.376 e. The van der Waals surface area contributed by atoms with Crippen molar-refractivity contribution in [1.82, 2.24) is 4.90 Å². The Morgan fingerprint density at radius 2 is 1.70 bits per heavy atom. The van der Waals surface area contributed by atoms with Gasteiger partial charge in [-0.15, -0.1) is 0 Å². The lowest BCUT2D eigenvalue weighted by Gasteiger charge is -2.28. The van der Waals surface area contributed by atoms with Crippen LogP contribution in [-0.4, -0.2) is 45.6 Å². The fourth-order valence-corrected chi connectivity index (χ4v) is 6.46. The number of amides is 2. The summed E-state index contributed by atoms with van der Waals surface area (Å²) in [4.78, 5) is 27.4. The average Bonchev–Trinajstić information content (AvgIpc) is 3.15. The minimum Gasteiger partial charge on any atom is -0.376 e. The molecule has 0 radical (unpaired) electrons. The molecule has 2 saturated carbocycles. The number of carbonyl (C=O) groups is 2. The summed E-state index contributed by atoms with van der Waals surface area (Å²) in [5, 5.41) is 0. The number of carbonyl (C=O) groups excluding carboxylic acids is 2. The molecule has 2 heterocycles. The van der Waals surface area contributed by atoms with E-state index in [1.165, 1.54) is 4.90 Å². The SMILES string of the molecule is O=C1[C@H]2[C@@H]3C[C@@H]([C@@H](Br)[C@@H]3Br)[C@@H]2C(=O)N1C[C@@H]1CCCO1. The van der Waals surface area contributed by atoms with Crippen molar-refractivity contribution in [2.24, 2.45) is 23.7 Å². The summed E-state index contributed by atoms with van der Waals surface area (Å²) in [5.41, 5.74) is 0. The van der Waals surface area contributed by atoms with Crippen LogP contribution in [0.5, 0.6) is 0 Å². The molecule has 2 amide bonds. The molecule has 110 valence electrons.